The Morgan fingerprint density at radius 1 is 1.28 bits per heavy atom. The molecule has 3 heterocycles. The zero-order chi connectivity index (χ0) is 17.9. The van der Waals surface area contributed by atoms with E-state index in [2.05, 4.69) is 4.98 Å². The summed E-state index contributed by atoms with van der Waals surface area (Å²) in [5.74, 6) is 0.788. The highest BCUT2D eigenvalue weighted by Crippen LogP contribution is 2.42. The van der Waals surface area contributed by atoms with Crippen LogP contribution in [0.3, 0.4) is 0 Å². The number of carbonyl (C=O) groups is 2. The molecule has 6 nitrogen and oxygen atoms in total. The largest absolute Gasteiger partial charge is 0.497 e. The molecule has 1 saturated heterocycles. The first kappa shape index (κ1) is 16.0. The van der Waals surface area contributed by atoms with Gasteiger partial charge in [0.2, 0.25) is 5.91 Å². The van der Waals surface area contributed by atoms with Gasteiger partial charge in [-0.2, -0.15) is 0 Å². The van der Waals surface area contributed by atoms with Crippen LogP contribution in [-0.4, -0.2) is 52.8 Å². The monoisotopic (exact) mass is 341 g/mol. The van der Waals surface area contributed by atoms with Gasteiger partial charge >= 0.3 is 0 Å². The molecule has 0 saturated carbocycles. The number of benzene rings is 1. The van der Waals surface area contributed by atoms with Gasteiger partial charge < -0.3 is 19.5 Å². The molecule has 1 aromatic carbocycles. The van der Waals surface area contributed by atoms with E-state index >= 15 is 0 Å². The highest BCUT2D eigenvalue weighted by Gasteiger charge is 2.54. The fourth-order valence-corrected chi connectivity index (χ4v) is 4.21. The molecule has 0 unspecified atom stereocenters. The zero-order valence-electron chi connectivity index (χ0n) is 15.0. The lowest BCUT2D eigenvalue weighted by Gasteiger charge is -2.50. The summed E-state index contributed by atoms with van der Waals surface area (Å²) in [5.41, 5.74) is 1.94. The maximum atomic E-state index is 13.3. The smallest absolute Gasteiger partial charge is 0.255 e. The lowest BCUT2D eigenvalue weighted by atomic mass is 9.83. The summed E-state index contributed by atoms with van der Waals surface area (Å²) in [5, 5.41) is 1.07. The summed E-state index contributed by atoms with van der Waals surface area (Å²) in [6.45, 7) is 6.49. The Kier molecular flexibility index (Phi) is 3.36. The zero-order valence-corrected chi connectivity index (χ0v) is 15.0. The Balaban J connectivity index is 1.93. The van der Waals surface area contributed by atoms with Gasteiger partial charge in [0.05, 0.1) is 12.8 Å². The maximum absolute atomic E-state index is 13.3. The number of fused-ring (bicyclic) bond motifs is 5. The summed E-state index contributed by atoms with van der Waals surface area (Å²) < 4.78 is 5.35. The van der Waals surface area contributed by atoms with Crippen molar-refractivity contribution in [2.24, 2.45) is 0 Å². The number of methoxy groups -OCH3 is 1. The predicted octanol–water partition coefficient (Wildman–Crippen LogP) is 2.03. The number of hydrogen-bond donors (Lipinski definition) is 1. The molecule has 2 amide bonds. The Morgan fingerprint density at radius 3 is 2.72 bits per heavy atom. The number of H-pyrrole nitrogens is 1. The van der Waals surface area contributed by atoms with E-state index in [0.717, 1.165) is 34.3 Å². The average Bonchev–Trinajstić information content (AvgIpc) is 2.97. The number of nitrogens with zero attached hydrogens (tertiary/aromatic N) is 2. The van der Waals surface area contributed by atoms with E-state index in [9.17, 15) is 9.59 Å². The second kappa shape index (κ2) is 5.25. The normalized spacial score (nSPS) is 23.2. The highest BCUT2D eigenvalue weighted by molar-refractivity contribution is 6.01. The molecule has 6 heteroatoms. The van der Waals surface area contributed by atoms with Crippen LogP contribution in [0.4, 0.5) is 0 Å². The van der Waals surface area contributed by atoms with Gasteiger partial charge in [0.15, 0.2) is 5.54 Å². The molecule has 132 valence electrons. The van der Waals surface area contributed by atoms with Crippen molar-refractivity contribution in [2.75, 3.05) is 20.2 Å². The van der Waals surface area contributed by atoms with E-state index in [1.807, 2.05) is 39.0 Å². The van der Waals surface area contributed by atoms with Crippen molar-refractivity contribution < 1.29 is 14.3 Å². The Hall–Kier alpha value is -2.50. The van der Waals surface area contributed by atoms with Crippen molar-refractivity contribution in [3.63, 3.8) is 0 Å². The first-order valence-corrected chi connectivity index (χ1v) is 8.68. The van der Waals surface area contributed by atoms with Gasteiger partial charge in [0, 0.05) is 23.5 Å². The Bertz CT molecular complexity index is 885. The highest BCUT2D eigenvalue weighted by atomic mass is 16.5. The van der Waals surface area contributed by atoms with Crippen molar-refractivity contribution in [1.29, 1.82) is 0 Å². The third-order valence-corrected chi connectivity index (χ3v) is 5.63. The standard InChI is InChI=1S/C19H23N3O3/c1-11(2)21-10-16(23)22-8-7-13-14-9-12(25-4)5-6-15(14)20-17(13)19(22,3)18(21)24/h5-6,9,11,20H,7-8,10H2,1-4H3/t19-/m1/s1. The van der Waals surface area contributed by atoms with Crippen LogP contribution in [0.2, 0.25) is 0 Å². The second-order valence-corrected chi connectivity index (χ2v) is 7.28. The molecule has 0 spiro atoms. The van der Waals surface area contributed by atoms with Crippen molar-refractivity contribution >= 4 is 22.7 Å². The average molecular weight is 341 g/mol. The van der Waals surface area contributed by atoms with Crippen molar-refractivity contribution in [2.45, 2.75) is 38.8 Å². The number of hydrogen-bond acceptors (Lipinski definition) is 3. The predicted molar refractivity (Wildman–Crippen MR) is 94.5 cm³/mol. The molecule has 1 atom stereocenters. The van der Waals surface area contributed by atoms with Crippen molar-refractivity contribution in [3.05, 3.63) is 29.5 Å². The van der Waals surface area contributed by atoms with Crippen LogP contribution in [0.15, 0.2) is 18.2 Å². The van der Waals surface area contributed by atoms with E-state index in [4.69, 9.17) is 4.74 Å². The molecule has 4 rings (SSSR count). The van der Waals surface area contributed by atoms with E-state index in [1.165, 1.54) is 0 Å². The molecular weight excluding hydrogens is 318 g/mol. The molecule has 0 radical (unpaired) electrons. The number of rotatable bonds is 2. The summed E-state index contributed by atoms with van der Waals surface area (Å²) in [6.07, 6.45) is 0.735. The minimum absolute atomic E-state index is 0.00901. The van der Waals surface area contributed by atoms with Crippen LogP contribution in [-0.2, 0) is 21.5 Å². The summed E-state index contributed by atoms with van der Waals surface area (Å²) in [4.78, 5) is 32.9. The summed E-state index contributed by atoms with van der Waals surface area (Å²) in [6, 6.07) is 5.86. The van der Waals surface area contributed by atoms with Gasteiger partial charge in [-0.3, -0.25) is 9.59 Å². The fraction of sp³-hybridized carbons (Fsp3) is 0.474. The number of ether oxygens (including phenoxy) is 1. The SMILES string of the molecule is COc1ccc2[nH]c3c(c2c1)CCN1C(=O)CN(C(C)C)C(=O)[C@@]31C. The molecule has 0 aliphatic carbocycles. The molecule has 25 heavy (non-hydrogen) atoms. The third kappa shape index (κ3) is 2.03. The number of carbonyl (C=O) groups excluding carboxylic acids is 2. The van der Waals surface area contributed by atoms with Gasteiger partial charge in [0.1, 0.15) is 12.3 Å². The molecule has 2 aliphatic heterocycles. The van der Waals surface area contributed by atoms with Crippen LogP contribution in [0, 0.1) is 0 Å². The molecule has 1 fully saturated rings. The van der Waals surface area contributed by atoms with Crippen LogP contribution < -0.4 is 4.74 Å². The number of amides is 2. The van der Waals surface area contributed by atoms with Crippen LogP contribution in [0.25, 0.3) is 10.9 Å². The Labute approximate surface area is 146 Å². The van der Waals surface area contributed by atoms with Gasteiger partial charge in [-0.15, -0.1) is 0 Å². The molecule has 2 aromatic rings. The third-order valence-electron chi connectivity index (χ3n) is 5.63. The van der Waals surface area contributed by atoms with E-state index in [0.29, 0.717) is 6.54 Å². The van der Waals surface area contributed by atoms with Crippen molar-refractivity contribution in [1.82, 2.24) is 14.8 Å². The van der Waals surface area contributed by atoms with Crippen molar-refractivity contribution in [3.8, 4) is 5.75 Å². The lowest BCUT2D eigenvalue weighted by molar-refractivity contribution is -0.167. The molecule has 0 bridgehead atoms. The fourth-order valence-electron chi connectivity index (χ4n) is 4.21. The van der Waals surface area contributed by atoms with E-state index in [1.54, 1.807) is 16.9 Å². The van der Waals surface area contributed by atoms with Crippen LogP contribution in [0.1, 0.15) is 32.0 Å². The molecule has 2 aliphatic rings. The summed E-state index contributed by atoms with van der Waals surface area (Å²) in [7, 11) is 1.65. The first-order chi connectivity index (χ1) is 11.9. The number of nitrogens with one attached hydrogen (secondary N) is 1. The van der Waals surface area contributed by atoms with Crippen LogP contribution in [0.5, 0.6) is 5.75 Å². The Morgan fingerprint density at radius 2 is 2.04 bits per heavy atom. The quantitative estimate of drug-likeness (QED) is 0.909. The minimum Gasteiger partial charge on any atom is -0.497 e. The van der Waals surface area contributed by atoms with Gasteiger partial charge in [-0.1, -0.05) is 0 Å². The molecule has 1 N–H and O–H groups in total. The van der Waals surface area contributed by atoms with E-state index < -0.39 is 5.54 Å². The van der Waals surface area contributed by atoms with E-state index in [-0.39, 0.29) is 24.4 Å². The number of piperazine rings is 1. The molecular formula is C19H23N3O3. The van der Waals surface area contributed by atoms with Gasteiger partial charge in [-0.25, -0.2) is 0 Å². The van der Waals surface area contributed by atoms with Gasteiger partial charge in [-0.05, 0) is 51.0 Å². The minimum atomic E-state index is -0.973. The topological polar surface area (TPSA) is 65.6 Å². The van der Waals surface area contributed by atoms with Crippen LogP contribution >= 0.6 is 0 Å². The summed E-state index contributed by atoms with van der Waals surface area (Å²) >= 11 is 0. The number of aromatic amines is 1. The first-order valence-electron chi connectivity index (χ1n) is 8.68. The second-order valence-electron chi connectivity index (χ2n) is 7.28. The lowest BCUT2D eigenvalue weighted by Crippen LogP contribution is -2.67. The number of aromatic nitrogens is 1. The molecule has 1 aromatic heterocycles. The maximum Gasteiger partial charge on any atom is 0.255 e. The van der Waals surface area contributed by atoms with Gasteiger partial charge in [0.25, 0.3) is 5.91 Å².